The van der Waals surface area contributed by atoms with Gasteiger partial charge in [0.25, 0.3) is 0 Å². The molecule has 146 valence electrons. The Bertz CT molecular complexity index is 905. The summed E-state index contributed by atoms with van der Waals surface area (Å²) in [6, 6.07) is 15.2. The van der Waals surface area contributed by atoms with Crippen LogP contribution in [0.4, 0.5) is 28.8 Å². The van der Waals surface area contributed by atoms with Crippen molar-refractivity contribution in [2.75, 3.05) is 42.9 Å². The number of rotatable bonds is 9. The summed E-state index contributed by atoms with van der Waals surface area (Å²) in [5.74, 6) is 2.00. The highest BCUT2D eigenvalue weighted by atomic mass is 32.2. The normalized spacial score (nSPS) is 10.5. The predicted octanol–water partition coefficient (Wildman–Crippen LogP) is 4.29. The molecule has 8 heteroatoms. The molecule has 3 aromatic rings. The third-order valence-electron chi connectivity index (χ3n) is 3.79. The summed E-state index contributed by atoms with van der Waals surface area (Å²) in [5, 5.41) is 6.52. The van der Waals surface area contributed by atoms with Gasteiger partial charge in [0.15, 0.2) is 0 Å². The molecule has 1 heterocycles. The summed E-state index contributed by atoms with van der Waals surface area (Å²) < 4.78 is 10.5. The highest BCUT2D eigenvalue weighted by molar-refractivity contribution is 7.98. The van der Waals surface area contributed by atoms with Crippen LogP contribution in [0.5, 0.6) is 5.75 Å². The number of nitrogen functional groups attached to an aromatic ring is 1. The van der Waals surface area contributed by atoms with Gasteiger partial charge in [-0.05, 0) is 48.7 Å². The van der Waals surface area contributed by atoms with Gasteiger partial charge in [-0.3, -0.25) is 0 Å². The molecule has 0 atom stereocenters. The van der Waals surface area contributed by atoms with Crippen molar-refractivity contribution < 1.29 is 9.47 Å². The SMILES string of the molecule is COCCOc1ccc(Nc2ncc(SC)c(Nc3cccc(N)c3)n2)cc1. The van der Waals surface area contributed by atoms with E-state index in [1.807, 2.05) is 54.8 Å². The zero-order valence-corrected chi connectivity index (χ0v) is 16.6. The number of thioether (sulfide) groups is 1. The van der Waals surface area contributed by atoms with Crippen molar-refractivity contribution in [2.45, 2.75) is 4.90 Å². The van der Waals surface area contributed by atoms with E-state index in [-0.39, 0.29) is 0 Å². The van der Waals surface area contributed by atoms with Gasteiger partial charge in [0.05, 0.1) is 11.5 Å². The maximum atomic E-state index is 5.86. The van der Waals surface area contributed by atoms with Crippen LogP contribution in [0, 0.1) is 0 Å². The van der Waals surface area contributed by atoms with Crippen LogP contribution in [-0.4, -0.2) is 36.5 Å². The van der Waals surface area contributed by atoms with Gasteiger partial charge in [-0.25, -0.2) is 4.98 Å². The Morgan fingerprint density at radius 3 is 2.57 bits per heavy atom. The molecule has 0 aliphatic carbocycles. The molecule has 7 nitrogen and oxygen atoms in total. The zero-order chi connectivity index (χ0) is 19.8. The molecule has 0 saturated heterocycles. The van der Waals surface area contributed by atoms with E-state index in [1.165, 1.54) is 0 Å². The van der Waals surface area contributed by atoms with Crippen LogP contribution in [0.1, 0.15) is 0 Å². The van der Waals surface area contributed by atoms with Crippen LogP contribution < -0.4 is 21.1 Å². The number of ether oxygens (including phenoxy) is 2. The number of nitrogens with two attached hydrogens (primary N) is 1. The lowest BCUT2D eigenvalue weighted by Crippen LogP contribution is -2.04. The Balaban J connectivity index is 1.72. The van der Waals surface area contributed by atoms with Gasteiger partial charge in [0.1, 0.15) is 18.2 Å². The average Bonchev–Trinajstić information content (AvgIpc) is 2.70. The smallest absolute Gasteiger partial charge is 0.229 e. The molecule has 0 saturated carbocycles. The van der Waals surface area contributed by atoms with E-state index < -0.39 is 0 Å². The summed E-state index contributed by atoms with van der Waals surface area (Å²) in [6.45, 7) is 1.07. The summed E-state index contributed by atoms with van der Waals surface area (Å²) >= 11 is 1.57. The molecule has 1 aromatic heterocycles. The second-order valence-corrected chi connectivity index (χ2v) is 6.70. The molecule has 0 fully saturated rings. The Labute approximate surface area is 168 Å². The summed E-state index contributed by atoms with van der Waals surface area (Å²) in [7, 11) is 1.65. The first-order valence-corrected chi connectivity index (χ1v) is 9.93. The topological polar surface area (TPSA) is 94.3 Å². The van der Waals surface area contributed by atoms with Crippen LogP contribution in [0.3, 0.4) is 0 Å². The minimum absolute atomic E-state index is 0.497. The lowest BCUT2D eigenvalue weighted by atomic mass is 10.3. The van der Waals surface area contributed by atoms with Gasteiger partial charge in [-0.2, -0.15) is 4.98 Å². The maximum absolute atomic E-state index is 5.86. The molecular weight excluding hydrogens is 374 g/mol. The number of methoxy groups -OCH3 is 1. The van der Waals surface area contributed by atoms with Crippen LogP contribution in [0.25, 0.3) is 0 Å². The van der Waals surface area contributed by atoms with Gasteiger partial charge in [-0.15, -0.1) is 11.8 Å². The number of benzene rings is 2. The summed E-state index contributed by atoms with van der Waals surface area (Å²) in [6.07, 6.45) is 3.77. The average molecular weight is 398 g/mol. The Morgan fingerprint density at radius 2 is 1.86 bits per heavy atom. The van der Waals surface area contributed by atoms with Crippen LogP contribution in [0.2, 0.25) is 0 Å². The van der Waals surface area contributed by atoms with Crippen molar-refractivity contribution in [1.29, 1.82) is 0 Å². The van der Waals surface area contributed by atoms with Crippen LogP contribution in [0.15, 0.2) is 59.6 Å². The molecule has 4 N–H and O–H groups in total. The lowest BCUT2D eigenvalue weighted by molar-refractivity contribution is 0.146. The Kier molecular flexibility index (Phi) is 6.94. The monoisotopic (exact) mass is 397 g/mol. The van der Waals surface area contributed by atoms with E-state index in [0.717, 1.165) is 27.8 Å². The quantitative estimate of drug-likeness (QED) is 0.280. The molecule has 0 spiro atoms. The fourth-order valence-corrected chi connectivity index (χ4v) is 2.88. The molecule has 3 rings (SSSR count). The van der Waals surface area contributed by atoms with Gasteiger partial charge in [0, 0.05) is 30.4 Å². The highest BCUT2D eigenvalue weighted by Gasteiger charge is 2.08. The van der Waals surface area contributed by atoms with Crippen LogP contribution in [-0.2, 0) is 4.74 Å². The fraction of sp³-hybridized carbons (Fsp3) is 0.200. The summed E-state index contributed by atoms with van der Waals surface area (Å²) in [4.78, 5) is 9.94. The molecule has 28 heavy (non-hydrogen) atoms. The van der Waals surface area contributed by atoms with Gasteiger partial charge in [-0.1, -0.05) is 6.07 Å². The molecular formula is C20H23N5O2S. The van der Waals surface area contributed by atoms with Crippen molar-refractivity contribution in [3.8, 4) is 5.75 Å². The minimum atomic E-state index is 0.497. The van der Waals surface area contributed by atoms with Gasteiger partial charge in [0.2, 0.25) is 5.95 Å². The molecule has 2 aromatic carbocycles. The predicted molar refractivity (Wildman–Crippen MR) is 115 cm³/mol. The van der Waals surface area contributed by atoms with E-state index in [9.17, 15) is 0 Å². The first kappa shape index (κ1) is 19.8. The van der Waals surface area contributed by atoms with Gasteiger partial charge < -0.3 is 25.8 Å². The molecule has 0 unspecified atom stereocenters. The number of nitrogens with zero attached hydrogens (tertiary/aromatic N) is 2. The van der Waals surface area contributed by atoms with E-state index in [2.05, 4.69) is 20.6 Å². The van der Waals surface area contributed by atoms with E-state index in [0.29, 0.717) is 24.8 Å². The third kappa shape index (κ3) is 5.51. The summed E-state index contributed by atoms with van der Waals surface area (Å²) in [5.41, 5.74) is 8.29. The maximum Gasteiger partial charge on any atom is 0.229 e. The minimum Gasteiger partial charge on any atom is -0.491 e. The second-order valence-electron chi connectivity index (χ2n) is 5.85. The largest absolute Gasteiger partial charge is 0.491 e. The molecule has 0 amide bonds. The van der Waals surface area contributed by atoms with E-state index >= 15 is 0 Å². The fourth-order valence-electron chi connectivity index (χ4n) is 2.43. The van der Waals surface area contributed by atoms with Crippen molar-refractivity contribution in [1.82, 2.24) is 9.97 Å². The molecule has 0 radical (unpaired) electrons. The standard InChI is InChI=1S/C20H23N5O2S/c1-26-10-11-27-17-8-6-15(7-9-17)24-20-22-13-18(28-2)19(25-20)23-16-5-3-4-14(21)12-16/h3-9,12-13H,10-11,21H2,1-2H3,(H2,22,23,24,25). The third-order valence-corrected chi connectivity index (χ3v) is 4.53. The van der Waals surface area contributed by atoms with E-state index in [4.69, 9.17) is 15.2 Å². The zero-order valence-electron chi connectivity index (χ0n) is 15.8. The Morgan fingerprint density at radius 1 is 1.04 bits per heavy atom. The number of anilines is 5. The molecule has 0 aliphatic heterocycles. The number of hydrogen-bond acceptors (Lipinski definition) is 8. The lowest BCUT2D eigenvalue weighted by Gasteiger charge is -2.12. The first-order chi connectivity index (χ1) is 13.7. The van der Waals surface area contributed by atoms with Gasteiger partial charge >= 0.3 is 0 Å². The van der Waals surface area contributed by atoms with E-state index in [1.54, 1.807) is 25.1 Å². The van der Waals surface area contributed by atoms with Crippen molar-refractivity contribution in [3.05, 3.63) is 54.7 Å². The molecule has 0 aliphatic rings. The second kappa shape index (κ2) is 9.82. The van der Waals surface area contributed by atoms with Crippen molar-refractivity contribution >= 4 is 40.6 Å². The number of aromatic nitrogens is 2. The first-order valence-electron chi connectivity index (χ1n) is 8.70. The van der Waals surface area contributed by atoms with Crippen molar-refractivity contribution in [3.63, 3.8) is 0 Å². The van der Waals surface area contributed by atoms with Crippen molar-refractivity contribution in [2.24, 2.45) is 0 Å². The Hall–Kier alpha value is -2.97. The highest BCUT2D eigenvalue weighted by Crippen LogP contribution is 2.28. The number of nitrogens with one attached hydrogen (secondary N) is 2. The molecule has 0 bridgehead atoms. The van der Waals surface area contributed by atoms with Crippen LogP contribution >= 0.6 is 11.8 Å². The number of hydrogen-bond donors (Lipinski definition) is 3.